The summed E-state index contributed by atoms with van der Waals surface area (Å²) in [7, 11) is 0. The summed E-state index contributed by atoms with van der Waals surface area (Å²) >= 11 is 9.59. The van der Waals surface area contributed by atoms with Crippen LogP contribution in [-0.2, 0) is 24.3 Å². The van der Waals surface area contributed by atoms with Crippen LogP contribution in [0.2, 0.25) is 0 Å². The molecule has 4 nitrogen and oxygen atoms in total. The predicted octanol–water partition coefficient (Wildman–Crippen LogP) is 19.2. The second-order valence-corrected chi connectivity index (χ2v) is 20.6. The molecule has 8 bridgehead atoms. The van der Waals surface area contributed by atoms with Gasteiger partial charge in [-0.05, 0) is 158 Å². The Bertz CT molecular complexity index is 2620. The zero-order valence-electron chi connectivity index (χ0n) is 43.1. The highest BCUT2D eigenvalue weighted by Crippen LogP contribution is 2.45. The van der Waals surface area contributed by atoms with Gasteiger partial charge in [0.15, 0.2) is 0 Å². The van der Waals surface area contributed by atoms with Crippen LogP contribution < -0.4 is 0 Å². The number of rotatable bonds is 24. The smallest absolute Gasteiger partial charge is 0.0769 e. The van der Waals surface area contributed by atoms with Gasteiger partial charge in [0.1, 0.15) is 0 Å². The molecule has 3 aromatic heterocycles. The van der Waals surface area contributed by atoms with E-state index in [0.29, 0.717) is 11.5 Å². The fraction of sp³-hybridized carbons (Fsp3) is 0.484. The zero-order valence-corrected chi connectivity index (χ0v) is 44.9. The first-order valence-electron chi connectivity index (χ1n) is 26.8. The maximum atomic E-state index is 5.84. The van der Waals surface area contributed by atoms with Crippen LogP contribution >= 0.6 is 25.3 Å². The van der Waals surface area contributed by atoms with Gasteiger partial charge in [0.05, 0.1) is 33.8 Å². The quantitative estimate of drug-likeness (QED) is 0.0368. The first-order chi connectivity index (χ1) is 33.2. The summed E-state index contributed by atoms with van der Waals surface area (Å²) in [6.07, 6.45) is 23.4. The Morgan fingerprint density at radius 1 is 0.441 bits per heavy atom. The van der Waals surface area contributed by atoms with Crippen molar-refractivity contribution in [1.82, 2.24) is 19.9 Å². The molecule has 0 aliphatic carbocycles. The van der Waals surface area contributed by atoms with E-state index in [1.165, 1.54) is 171 Å². The number of aromatic amines is 2. The number of aryl methyl sites for hydroxylation is 4. The molecule has 6 heteroatoms. The molecule has 0 fully saturated rings. The number of unbranched alkanes of at least 4 members (excludes halogenated alkanes) is 12. The average molecular weight is 947 g/mol. The predicted molar refractivity (Wildman–Crippen MR) is 305 cm³/mol. The van der Waals surface area contributed by atoms with Gasteiger partial charge in [-0.1, -0.05) is 153 Å². The highest BCUT2D eigenvalue weighted by atomic mass is 32.1. The van der Waals surface area contributed by atoms with Crippen LogP contribution in [0.4, 0.5) is 0 Å². The Kier molecular flexibility index (Phi) is 19.0. The van der Waals surface area contributed by atoms with E-state index in [9.17, 15) is 0 Å². The van der Waals surface area contributed by atoms with Gasteiger partial charge < -0.3 is 9.97 Å². The number of H-pyrrole nitrogens is 2. The number of fused-ring (bicyclic) bond motifs is 8. The van der Waals surface area contributed by atoms with Crippen LogP contribution in [0.5, 0.6) is 0 Å². The molecule has 2 N–H and O–H groups in total. The molecule has 0 saturated heterocycles. The largest absolute Gasteiger partial charge is 0.354 e. The highest BCUT2D eigenvalue weighted by Gasteiger charge is 2.28. The molecule has 2 aliphatic heterocycles. The molecule has 5 heterocycles. The Hall–Kier alpha value is -4.26. The van der Waals surface area contributed by atoms with E-state index in [-0.39, 0.29) is 0 Å². The van der Waals surface area contributed by atoms with Crippen LogP contribution in [0.1, 0.15) is 213 Å². The third kappa shape index (κ3) is 11.7. The summed E-state index contributed by atoms with van der Waals surface area (Å²) in [5.74, 6) is 1.36. The number of hydrogen-bond acceptors (Lipinski definition) is 4. The minimum Gasteiger partial charge on any atom is -0.354 e. The van der Waals surface area contributed by atoms with Gasteiger partial charge >= 0.3 is 0 Å². The first-order valence-corrected chi connectivity index (χ1v) is 28.0. The summed E-state index contributed by atoms with van der Waals surface area (Å²) < 4.78 is 0. The molecule has 0 atom stereocenters. The molecule has 68 heavy (non-hydrogen) atoms. The monoisotopic (exact) mass is 947 g/mol. The van der Waals surface area contributed by atoms with E-state index in [1.54, 1.807) is 0 Å². The molecule has 0 unspecified atom stereocenters. The molecular weight excluding hydrogens is 865 g/mol. The molecule has 362 valence electrons. The first kappa shape index (κ1) is 51.6. The minimum absolute atomic E-state index is 0.675. The lowest BCUT2D eigenvalue weighted by Crippen LogP contribution is -1.94. The van der Waals surface area contributed by atoms with E-state index in [0.717, 1.165) is 79.7 Å². The summed E-state index contributed by atoms with van der Waals surface area (Å²) in [4.78, 5) is 20.1. The zero-order chi connectivity index (χ0) is 48.2. The van der Waals surface area contributed by atoms with E-state index >= 15 is 0 Å². The van der Waals surface area contributed by atoms with Crippen molar-refractivity contribution in [2.75, 3.05) is 0 Å². The van der Waals surface area contributed by atoms with E-state index in [4.69, 9.17) is 35.2 Å². The van der Waals surface area contributed by atoms with Gasteiger partial charge in [-0.3, -0.25) is 0 Å². The fourth-order valence-corrected chi connectivity index (χ4v) is 11.3. The molecular formula is C62H82N4S2. The van der Waals surface area contributed by atoms with Gasteiger partial charge in [-0.2, -0.15) is 25.3 Å². The van der Waals surface area contributed by atoms with Crippen LogP contribution in [0.3, 0.4) is 0 Å². The van der Waals surface area contributed by atoms with Crippen LogP contribution in [0, 0.1) is 13.8 Å². The lowest BCUT2D eigenvalue weighted by molar-refractivity contribution is 0.667. The second kappa shape index (κ2) is 25.0. The van der Waals surface area contributed by atoms with Crippen molar-refractivity contribution in [3.8, 4) is 22.3 Å². The number of benzene rings is 2. The Morgan fingerprint density at radius 3 is 1.21 bits per heavy atom. The topological polar surface area (TPSA) is 57.4 Å². The fourth-order valence-electron chi connectivity index (χ4n) is 10.9. The lowest BCUT2D eigenvalue weighted by atomic mass is 9.91. The Morgan fingerprint density at radius 2 is 0.824 bits per heavy atom. The van der Waals surface area contributed by atoms with E-state index in [2.05, 4.69) is 126 Å². The maximum Gasteiger partial charge on any atom is 0.0769 e. The van der Waals surface area contributed by atoms with Crippen molar-refractivity contribution >= 4 is 69.6 Å². The molecule has 5 aromatic rings. The van der Waals surface area contributed by atoms with Crippen molar-refractivity contribution in [2.24, 2.45) is 0 Å². The SMILES string of the molecule is CCCCCCC1=C(C)c2nc1cc1[nH]c(c(C)c1CCCCCC)c(-c1cccc(CS)c1)c1[nH]c(cc3nc(c2-c2cccc(CS)c2)C(C)=C3CCCCCC)c(CCCCCC)c1C. The normalized spacial score (nSPS) is 12.9. The molecule has 2 aromatic carbocycles. The van der Waals surface area contributed by atoms with Gasteiger partial charge in [-0.15, -0.1) is 0 Å². The van der Waals surface area contributed by atoms with Gasteiger partial charge in [0.2, 0.25) is 0 Å². The molecule has 0 radical (unpaired) electrons. The average Bonchev–Trinajstić information content (AvgIpc) is 4.03. The van der Waals surface area contributed by atoms with Gasteiger partial charge in [0.25, 0.3) is 0 Å². The van der Waals surface area contributed by atoms with Crippen molar-refractivity contribution in [1.29, 1.82) is 0 Å². The van der Waals surface area contributed by atoms with Crippen molar-refractivity contribution in [3.63, 3.8) is 0 Å². The summed E-state index contributed by atoms with van der Waals surface area (Å²) in [6, 6.07) is 23.0. The van der Waals surface area contributed by atoms with Crippen LogP contribution in [0.25, 0.3) is 66.6 Å². The second-order valence-electron chi connectivity index (χ2n) is 19.9. The summed E-state index contributed by atoms with van der Waals surface area (Å²) in [5.41, 5.74) is 27.1. The number of hydrogen-bond donors (Lipinski definition) is 4. The maximum absolute atomic E-state index is 5.84. The number of aromatic nitrogens is 4. The van der Waals surface area contributed by atoms with Gasteiger partial charge in [-0.25, -0.2) is 9.97 Å². The number of thiol groups is 2. The Labute approximate surface area is 421 Å². The van der Waals surface area contributed by atoms with Crippen molar-refractivity contribution in [3.05, 3.63) is 117 Å². The summed E-state index contributed by atoms with van der Waals surface area (Å²) in [6.45, 7) is 18.7. The van der Waals surface area contributed by atoms with Crippen molar-refractivity contribution in [2.45, 2.75) is 195 Å². The lowest BCUT2D eigenvalue weighted by Gasteiger charge is -2.12. The van der Waals surface area contributed by atoms with Crippen LogP contribution in [-0.4, -0.2) is 19.9 Å². The minimum atomic E-state index is 0.675. The molecule has 0 amide bonds. The molecule has 0 saturated carbocycles. The third-order valence-corrected chi connectivity index (χ3v) is 15.7. The molecule has 0 spiro atoms. The third-order valence-electron chi connectivity index (χ3n) is 15.0. The van der Waals surface area contributed by atoms with E-state index < -0.39 is 0 Å². The summed E-state index contributed by atoms with van der Waals surface area (Å²) in [5, 5.41) is 0. The van der Waals surface area contributed by atoms with Crippen LogP contribution in [0.15, 0.2) is 60.7 Å². The standard InChI is InChI=1S/C62H82N4S2/c1-9-13-17-21-31-49-41(5)59-57(47-29-25-27-45(35-47)39-67)60-43(7)51(33-23-19-15-11-3)55(65-60)38-56-52(34-24-20-16-12-4)44(8)62(66-56)58(48-30-26-28-46(36-48)40-68)61-42(6)50(32-22-18-14-10-2)54(64-61)37-53(49)63-59/h25-30,35-38,63,65,67-68H,9-24,31-34,39-40H2,1-8H3. The number of nitrogens with zero attached hydrogens (tertiary/aromatic N) is 2. The highest BCUT2D eigenvalue weighted by molar-refractivity contribution is 7.79. The Balaban J connectivity index is 1.70. The van der Waals surface area contributed by atoms with Gasteiger partial charge in [0, 0.05) is 33.7 Å². The number of allylic oxidation sites excluding steroid dienone is 4. The molecule has 7 rings (SSSR count). The van der Waals surface area contributed by atoms with Crippen molar-refractivity contribution < 1.29 is 0 Å². The molecule has 2 aliphatic rings. The number of nitrogens with one attached hydrogen (secondary N) is 2. The van der Waals surface area contributed by atoms with E-state index in [1.807, 2.05) is 0 Å².